The van der Waals surface area contributed by atoms with E-state index in [0.717, 1.165) is 17.7 Å². The van der Waals surface area contributed by atoms with Gasteiger partial charge in [0.25, 0.3) is 0 Å². The number of thiophene rings is 1. The summed E-state index contributed by atoms with van der Waals surface area (Å²) in [7, 11) is 0. The van der Waals surface area contributed by atoms with Gasteiger partial charge in [0, 0.05) is 15.3 Å². The lowest BCUT2D eigenvalue weighted by Crippen LogP contribution is -2.29. The molecule has 1 aromatic heterocycles. The summed E-state index contributed by atoms with van der Waals surface area (Å²) in [6.07, 6.45) is 4.52. The monoisotopic (exact) mass is 308 g/mol. The van der Waals surface area contributed by atoms with Crippen LogP contribution in [0.15, 0.2) is 18.2 Å². The average Bonchev–Trinajstić information content (AvgIpc) is 2.91. The fraction of sp³-hybridized carbons (Fsp3) is 0.375. The van der Waals surface area contributed by atoms with Gasteiger partial charge in [0.05, 0.1) is 6.04 Å². The number of hydrogen-bond donors (Lipinski definition) is 2. The number of rotatable bonds is 3. The van der Waals surface area contributed by atoms with Gasteiger partial charge in [0.1, 0.15) is 0 Å². The maximum absolute atomic E-state index is 14.2. The van der Waals surface area contributed by atoms with Crippen molar-refractivity contribution >= 4 is 11.3 Å². The third kappa shape index (κ3) is 2.61. The first kappa shape index (κ1) is 14.6. The molecule has 2 aromatic rings. The van der Waals surface area contributed by atoms with Crippen molar-refractivity contribution in [3.63, 3.8) is 0 Å². The molecule has 0 saturated heterocycles. The molecule has 0 bridgehead atoms. The van der Waals surface area contributed by atoms with E-state index in [2.05, 4.69) is 11.5 Å². The zero-order valence-corrected chi connectivity index (χ0v) is 12.7. The molecule has 0 saturated carbocycles. The van der Waals surface area contributed by atoms with Crippen LogP contribution in [0.3, 0.4) is 0 Å². The van der Waals surface area contributed by atoms with Gasteiger partial charge in [0.15, 0.2) is 11.6 Å². The molecule has 0 radical (unpaired) electrons. The summed E-state index contributed by atoms with van der Waals surface area (Å²) in [6.45, 7) is 1.55. The molecule has 112 valence electrons. The maximum Gasteiger partial charge on any atom is 0.164 e. The maximum atomic E-state index is 14.2. The molecule has 0 fully saturated rings. The Morgan fingerprint density at radius 2 is 1.95 bits per heavy atom. The van der Waals surface area contributed by atoms with Crippen molar-refractivity contribution in [3.05, 3.63) is 56.3 Å². The number of fused-ring (bicyclic) bond motifs is 1. The lowest BCUT2D eigenvalue weighted by molar-refractivity contribution is 0.479. The van der Waals surface area contributed by atoms with Gasteiger partial charge in [-0.1, -0.05) is 12.1 Å². The minimum absolute atomic E-state index is 0.263. The fourth-order valence-corrected chi connectivity index (χ4v) is 4.20. The van der Waals surface area contributed by atoms with E-state index in [9.17, 15) is 8.78 Å². The van der Waals surface area contributed by atoms with Crippen LogP contribution in [0.2, 0.25) is 0 Å². The molecule has 2 nitrogen and oxygen atoms in total. The summed E-state index contributed by atoms with van der Waals surface area (Å²) < 4.78 is 28.0. The van der Waals surface area contributed by atoms with Crippen LogP contribution in [0.4, 0.5) is 8.78 Å². The molecular weight excluding hydrogens is 290 g/mol. The number of halogens is 2. The van der Waals surface area contributed by atoms with Crippen LogP contribution in [-0.2, 0) is 12.8 Å². The Morgan fingerprint density at radius 3 is 2.67 bits per heavy atom. The topological polar surface area (TPSA) is 38.0 Å². The van der Waals surface area contributed by atoms with E-state index in [4.69, 9.17) is 5.84 Å². The summed E-state index contributed by atoms with van der Waals surface area (Å²) in [6, 6.07) is 4.78. The van der Waals surface area contributed by atoms with Crippen molar-refractivity contribution in [1.29, 1.82) is 0 Å². The molecule has 0 aliphatic heterocycles. The highest BCUT2D eigenvalue weighted by molar-refractivity contribution is 7.12. The van der Waals surface area contributed by atoms with E-state index in [0.29, 0.717) is 5.56 Å². The molecule has 3 N–H and O–H groups in total. The highest BCUT2D eigenvalue weighted by atomic mass is 32.1. The Kier molecular flexibility index (Phi) is 4.06. The average molecular weight is 308 g/mol. The Balaban J connectivity index is 2.02. The second-order valence-corrected chi connectivity index (χ2v) is 6.67. The Bertz CT molecular complexity index is 643. The first-order valence-electron chi connectivity index (χ1n) is 7.14. The van der Waals surface area contributed by atoms with Crippen LogP contribution < -0.4 is 11.3 Å². The number of hydrogen-bond acceptors (Lipinski definition) is 3. The van der Waals surface area contributed by atoms with E-state index in [1.54, 1.807) is 30.4 Å². The number of nitrogens with one attached hydrogen (secondary N) is 1. The normalized spacial score (nSPS) is 15.8. The highest BCUT2D eigenvalue weighted by Crippen LogP contribution is 2.36. The van der Waals surface area contributed by atoms with Gasteiger partial charge >= 0.3 is 0 Å². The van der Waals surface area contributed by atoms with Gasteiger partial charge in [-0.15, -0.1) is 11.3 Å². The largest absolute Gasteiger partial charge is 0.271 e. The molecular formula is C16H18F2N2S. The Hall–Kier alpha value is -1.30. The molecule has 0 amide bonds. The Labute approximate surface area is 127 Å². The number of nitrogens with two attached hydrogens (primary N) is 1. The lowest BCUT2D eigenvalue weighted by atomic mass is 9.97. The van der Waals surface area contributed by atoms with Crippen LogP contribution in [0.1, 0.15) is 45.3 Å². The molecule has 21 heavy (non-hydrogen) atoms. The lowest BCUT2D eigenvalue weighted by Gasteiger charge is -2.16. The predicted octanol–water partition coefficient (Wildman–Crippen LogP) is 3.77. The zero-order chi connectivity index (χ0) is 15.0. The molecule has 1 aromatic carbocycles. The zero-order valence-electron chi connectivity index (χ0n) is 11.9. The first-order valence-corrected chi connectivity index (χ1v) is 7.95. The summed E-state index contributed by atoms with van der Waals surface area (Å²) in [5.74, 6) is 4.01. The van der Waals surface area contributed by atoms with Crippen LogP contribution in [0.25, 0.3) is 0 Å². The van der Waals surface area contributed by atoms with Crippen LogP contribution in [-0.4, -0.2) is 0 Å². The molecule has 0 spiro atoms. The second-order valence-electron chi connectivity index (χ2n) is 5.50. The van der Waals surface area contributed by atoms with Gasteiger partial charge in [-0.25, -0.2) is 14.2 Å². The summed E-state index contributed by atoms with van der Waals surface area (Å²) in [4.78, 5) is 2.30. The summed E-state index contributed by atoms with van der Waals surface area (Å²) in [5.41, 5.74) is 4.53. The van der Waals surface area contributed by atoms with Gasteiger partial charge in [-0.05, 0) is 49.8 Å². The highest BCUT2D eigenvalue weighted by Gasteiger charge is 2.24. The predicted molar refractivity (Wildman–Crippen MR) is 81.2 cm³/mol. The van der Waals surface area contributed by atoms with Gasteiger partial charge < -0.3 is 0 Å². The third-order valence-corrected chi connectivity index (χ3v) is 5.39. The first-order chi connectivity index (χ1) is 10.1. The van der Waals surface area contributed by atoms with Crippen molar-refractivity contribution in [2.75, 3.05) is 0 Å². The minimum atomic E-state index is -0.815. The Morgan fingerprint density at radius 1 is 1.19 bits per heavy atom. The van der Waals surface area contributed by atoms with Crippen LogP contribution in [0, 0.1) is 18.6 Å². The van der Waals surface area contributed by atoms with E-state index in [-0.39, 0.29) is 5.56 Å². The van der Waals surface area contributed by atoms with Crippen molar-refractivity contribution < 1.29 is 8.78 Å². The number of aryl methyl sites for hydroxylation is 3. The molecule has 3 rings (SSSR count). The SMILES string of the molecule is Cc1ccc(C(NN)c2cc3c(s2)CCCC3)c(F)c1F. The van der Waals surface area contributed by atoms with Crippen LogP contribution in [0.5, 0.6) is 0 Å². The van der Waals surface area contributed by atoms with Crippen molar-refractivity contribution in [3.8, 4) is 0 Å². The molecule has 1 atom stereocenters. The molecule has 1 aliphatic carbocycles. The third-order valence-electron chi connectivity index (χ3n) is 4.08. The molecule has 1 aliphatic rings. The molecule has 1 unspecified atom stereocenters. The van der Waals surface area contributed by atoms with E-state index >= 15 is 0 Å². The van der Waals surface area contributed by atoms with E-state index in [1.165, 1.54) is 23.3 Å². The fourth-order valence-electron chi connectivity index (χ4n) is 2.86. The quantitative estimate of drug-likeness (QED) is 0.669. The van der Waals surface area contributed by atoms with Gasteiger partial charge in [0.2, 0.25) is 0 Å². The molecule has 5 heteroatoms. The van der Waals surface area contributed by atoms with Gasteiger partial charge in [-0.3, -0.25) is 5.84 Å². The van der Waals surface area contributed by atoms with Crippen molar-refractivity contribution in [2.24, 2.45) is 5.84 Å². The van der Waals surface area contributed by atoms with Crippen LogP contribution >= 0.6 is 11.3 Å². The second kappa shape index (κ2) is 5.83. The van der Waals surface area contributed by atoms with Crippen molar-refractivity contribution in [2.45, 2.75) is 38.6 Å². The van der Waals surface area contributed by atoms with Gasteiger partial charge in [-0.2, -0.15) is 0 Å². The summed E-state index contributed by atoms with van der Waals surface area (Å²) >= 11 is 1.65. The van der Waals surface area contributed by atoms with E-state index < -0.39 is 17.7 Å². The summed E-state index contributed by atoms with van der Waals surface area (Å²) in [5, 5.41) is 0. The van der Waals surface area contributed by atoms with Crippen molar-refractivity contribution in [1.82, 2.24) is 5.43 Å². The standard InChI is InChI=1S/C16H18F2N2S/c1-9-6-7-11(15(18)14(9)17)16(20-19)13-8-10-4-2-3-5-12(10)21-13/h6-8,16,20H,2-5,19H2,1H3. The number of hydrazine groups is 1. The minimum Gasteiger partial charge on any atom is -0.271 e. The molecule has 1 heterocycles. The number of benzene rings is 1. The van der Waals surface area contributed by atoms with E-state index in [1.807, 2.05) is 0 Å². The smallest absolute Gasteiger partial charge is 0.164 e.